The normalized spacial score (nSPS) is 15.1. The van der Waals surface area contributed by atoms with Crippen molar-refractivity contribution in [1.82, 2.24) is 29.2 Å². The fourth-order valence-corrected chi connectivity index (χ4v) is 4.14. The van der Waals surface area contributed by atoms with Gasteiger partial charge in [0.05, 0.1) is 37.2 Å². The molecule has 0 saturated carbocycles. The average Bonchev–Trinajstić information content (AvgIpc) is 3.19. The Morgan fingerprint density at radius 1 is 1.36 bits per heavy atom. The summed E-state index contributed by atoms with van der Waals surface area (Å²) in [5.74, 6) is -0.126. The first-order valence-electron chi connectivity index (χ1n) is 8.23. The third-order valence-corrected chi connectivity index (χ3v) is 5.83. The SMILES string of the molecule is CCCn1cc(S(=O)(=O)N2CCn3nc(CNC(C)=O)cc3C2)cn1. The van der Waals surface area contributed by atoms with E-state index in [1.807, 2.05) is 13.0 Å². The first-order valence-corrected chi connectivity index (χ1v) is 9.67. The molecule has 2 aromatic rings. The molecule has 0 unspecified atom stereocenters. The predicted octanol–water partition coefficient (Wildman–Crippen LogP) is 0.330. The highest BCUT2D eigenvalue weighted by Crippen LogP contribution is 2.22. The van der Waals surface area contributed by atoms with E-state index in [0.29, 0.717) is 26.2 Å². The van der Waals surface area contributed by atoms with E-state index in [0.717, 1.165) is 17.8 Å². The first kappa shape index (κ1) is 17.6. The van der Waals surface area contributed by atoms with Gasteiger partial charge in [0.15, 0.2) is 0 Å². The number of hydrogen-bond acceptors (Lipinski definition) is 5. The van der Waals surface area contributed by atoms with Gasteiger partial charge in [0.1, 0.15) is 4.90 Å². The summed E-state index contributed by atoms with van der Waals surface area (Å²) in [5.41, 5.74) is 1.54. The van der Waals surface area contributed by atoms with Crippen molar-refractivity contribution in [3.05, 3.63) is 29.8 Å². The van der Waals surface area contributed by atoms with Crippen molar-refractivity contribution in [3.8, 4) is 0 Å². The van der Waals surface area contributed by atoms with Gasteiger partial charge in [-0.2, -0.15) is 14.5 Å². The third-order valence-electron chi connectivity index (χ3n) is 4.03. The standard InChI is InChI=1S/C15H22N6O3S/c1-3-4-19-11-15(9-17-19)25(23,24)20-5-6-21-14(10-20)7-13(18-21)8-16-12(2)22/h7,9,11H,3-6,8,10H2,1-2H3,(H,16,22). The number of carbonyl (C=O) groups excluding carboxylic acids is 1. The third kappa shape index (κ3) is 3.74. The van der Waals surface area contributed by atoms with E-state index in [4.69, 9.17) is 0 Å². The molecule has 1 N–H and O–H groups in total. The van der Waals surface area contributed by atoms with E-state index in [1.165, 1.54) is 17.4 Å². The molecule has 0 fully saturated rings. The molecule has 0 atom stereocenters. The van der Waals surface area contributed by atoms with Gasteiger partial charge in [-0.15, -0.1) is 0 Å². The Kier molecular flexibility index (Phi) is 4.91. The van der Waals surface area contributed by atoms with Crippen LogP contribution in [-0.2, 0) is 41.0 Å². The van der Waals surface area contributed by atoms with Crippen molar-refractivity contribution in [3.63, 3.8) is 0 Å². The molecule has 1 amide bonds. The minimum absolute atomic E-state index is 0.126. The molecule has 10 heteroatoms. The topological polar surface area (TPSA) is 102 Å². The van der Waals surface area contributed by atoms with Gasteiger partial charge in [-0.3, -0.25) is 14.2 Å². The van der Waals surface area contributed by atoms with Crippen LogP contribution in [-0.4, -0.2) is 44.7 Å². The number of carbonyl (C=O) groups is 1. The predicted molar refractivity (Wildman–Crippen MR) is 89.9 cm³/mol. The van der Waals surface area contributed by atoms with Crippen molar-refractivity contribution in [2.75, 3.05) is 6.54 Å². The second-order valence-electron chi connectivity index (χ2n) is 6.04. The smallest absolute Gasteiger partial charge is 0.246 e. The summed E-state index contributed by atoms with van der Waals surface area (Å²) in [6.07, 6.45) is 3.87. The molecule has 9 nitrogen and oxygen atoms in total. The van der Waals surface area contributed by atoms with Gasteiger partial charge in [-0.05, 0) is 12.5 Å². The summed E-state index contributed by atoms with van der Waals surface area (Å²) in [6, 6.07) is 1.83. The summed E-state index contributed by atoms with van der Waals surface area (Å²) in [4.78, 5) is 11.2. The molecular formula is C15H22N6O3S. The van der Waals surface area contributed by atoms with Crippen LogP contribution in [0.25, 0.3) is 0 Å². The van der Waals surface area contributed by atoms with Crippen LogP contribution in [0.15, 0.2) is 23.4 Å². The number of fused-ring (bicyclic) bond motifs is 1. The van der Waals surface area contributed by atoms with Crippen molar-refractivity contribution >= 4 is 15.9 Å². The lowest BCUT2D eigenvalue weighted by Crippen LogP contribution is -2.38. The van der Waals surface area contributed by atoms with E-state index in [9.17, 15) is 13.2 Å². The van der Waals surface area contributed by atoms with Crippen LogP contribution in [0, 0.1) is 0 Å². The Hall–Kier alpha value is -2.20. The summed E-state index contributed by atoms with van der Waals surface area (Å²) >= 11 is 0. The van der Waals surface area contributed by atoms with E-state index in [-0.39, 0.29) is 17.3 Å². The van der Waals surface area contributed by atoms with Gasteiger partial charge < -0.3 is 5.32 Å². The minimum atomic E-state index is -3.58. The zero-order chi connectivity index (χ0) is 18.0. The van der Waals surface area contributed by atoms with Crippen LogP contribution >= 0.6 is 0 Å². The fraction of sp³-hybridized carbons (Fsp3) is 0.533. The Morgan fingerprint density at radius 2 is 2.16 bits per heavy atom. The molecule has 0 spiro atoms. The van der Waals surface area contributed by atoms with Crippen LogP contribution in [0.3, 0.4) is 0 Å². The summed E-state index contributed by atoms with van der Waals surface area (Å²) in [7, 11) is -3.58. The number of nitrogens with one attached hydrogen (secondary N) is 1. The van der Waals surface area contributed by atoms with Gasteiger partial charge in [0, 0.05) is 26.2 Å². The number of nitrogens with zero attached hydrogens (tertiary/aromatic N) is 5. The van der Waals surface area contributed by atoms with Crippen molar-refractivity contribution in [1.29, 1.82) is 0 Å². The molecule has 0 radical (unpaired) electrons. The monoisotopic (exact) mass is 366 g/mol. The van der Waals surface area contributed by atoms with Crippen LogP contribution < -0.4 is 5.32 Å². The number of hydrogen-bond donors (Lipinski definition) is 1. The highest BCUT2D eigenvalue weighted by Gasteiger charge is 2.30. The lowest BCUT2D eigenvalue weighted by molar-refractivity contribution is -0.119. The van der Waals surface area contributed by atoms with Crippen LogP contribution in [0.5, 0.6) is 0 Å². The van der Waals surface area contributed by atoms with Gasteiger partial charge in [-0.25, -0.2) is 8.42 Å². The Morgan fingerprint density at radius 3 is 2.88 bits per heavy atom. The van der Waals surface area contributed by atoms with E-state index >= 15 is 0 Å². The minimum Gasteiger partial charge on any atom is -0.351 e. The zero-order valence-corrected chi connectivity index (χ0v) is 15.2. The van der Waals surface area contributed by atoms with Gasteiger partial charge in [-0.1, -0.05) is 6.92 Å². The van der Waals surface area contributed by atoms with E-state index in [1.54, 1.807) is 15.6 Å². The maximum Gasteiger partial charge on any atom is 0.246 e. The highest BCUT2D eigenvalue weighted by atomic mass is 32.2. The Balaban J connectivity index is 1.75. The lowest BCUT2D eigenvalue weighted by atomic mass is 10.3. The fourth-order valence-electron chi connectivity index (χ4n) is 2.79. The summed E-state index contributed by atoms with van der Waals surface area (Å²) < 4.78 is 30.5. The molecule has 0 aliphatic carbocycles. The molecule has 0 saturated heterocycles. The van der Waals surface area contributed by atoms with Crippen molar-refractivity contribution < 1.29 is 13.2 Å². The largest absolute Gasteiger partial charge is 0.351 e. The molecule has 3 heterocycles. The van der Waals surface area contributed by atoms with E-state index < -0.39 is 10.0 Å². The Labute approximate surface area is 146 Å². The van der Waals surface area contributed by atoms with Crippen LogP contribution in [0.2, 0.25) is 0 Å². The molecule has 2 aromatic heterocycles. The molecular weight excluding hydrogens is 344 g/mol. The second kappa shape index (κ2) is 6.96. The Bertz CT molecular complexity index is 870. The average molecular weight is 366 g/mol. The van der Waals surface area contributed by atoms with Crippen molar-refractivity contribution in [2.45, 2.75) is 51.3 Å². The molecule has 136 valence electrons. The second-order valence-corrected chi connectivity index (χ2v) is 7.98. The molecule has 25 heavy (non-hydrogen) atoms. The first-order chi connectivity index (χ1) is 11.9. The summed E-state index contributed by atoms with van der Waals surface area (Å²) in [6.45, 7) is 5.59. The number of sulfonamides is 1. The lowest BCUT2D eigenvalue weighted by Gasteiger charge is -2.26. The summed E-state index contributed by atoms with van der Waals surface area (Å²) in [5, 5.41) is 11.2. The molecule has 3 rings (SSSR count). The van der Waals surface area contributed by atoms with E-state index in [2.05, 4.69) is 15.5 Å². The number of aryl methyl sites for hydroxylation is 1. The zero-order valence-electron chi connectivity index (χ0n) is 14.3. The number of amides is 1. The van der Waals surface area contributed by atoms with Gasteiger partial charge in [0.2, 0.25) is 15.9 Å². The quantitative estimate of drug-likeness (QED) is 0.794. The molecule has 0 bridgehead atoms. The van der Waals surface area contributed by atoms with Gasteiger partial charge in [0.25, 0.3) is 0 Å². The maximum atomic E-state index is 12.8. The van der Waals surface area contributed by atoms with Crippen LogP contribution in [0.1, 0.15) is 31.7 Å². The molecule has 1 aliphatic rings. The van der Waals surface area contributed by atoms with Crippen LogP contribution in [0.4, 0.5) is 0 Å². The van der Waals surface area contributed by atoms with Gasteiger partial charge >= 0.3 is 0 Å². The maximum absolute atomic E-state index is 12.8. The molecule has 0 aromatic carbocycles. The molecule has 1 aliphatic heterocycles. The number of rotatable bonds is 6. The van der Waals surface area contributed by atoms with Crippen molar-refractivity contribution in [2.24, 2.45) is 0 Å². The highest BCUT2D eigenvalue weighted by molar-refractivity contribution is 7.89. The number of aromatic nitrogens is 4.